The third-order valence-electron chi connectivity index (χ3n) is 2.63. The molecule has 0 unspecified atom stereocenters. The predicted octanol–water partition coefficient (Wildman–Crippen LogP) is 1.91. The van der Waals surface area contributed by atoms with Crippen LogP contribution < -0.4 is 11.5 Å². The van der Waals surface area contributed by atoms with Crippen molar-refractivity contribution in [1.82, 2.24) is 0 Å². The molecule has 1 amide bonds. The van der Waals surface area contributed by atoms with Gasteiger partial charge in [0, 0.05) is 11.3 Å². The minimum absolute atomic E-state index is 0.375. The number of amides is 1. The second-order valence-corrected chi connectivity index (χ2v) is 3.86. The highest BCUT2D eigenvalue weighted by molar-refractivity contribution is 6.00. The van der Waals surface area contributed by atoms with Gasteiger partial charge >= 0.3 is 0 Å². The number of carbonyl (C=O) groups excluding carboxylic acids is 1. The fourth-order valence-corrected chi connectivity index (χ4v) is 1.74. The van der Waals surface area contributed by atoms with Crippen molar-refractivity contribution < 1.29 is 4.79 Å². The summed E-state index contributed by atoms with van der Waals surface area (Å²) in [5.41, 5.74) is 13.9. The Morgan fingerprint density at radius 1 is 1.11 bits per heavy atom. The first kappa shape index (κ1) is 11.7. The Morgan fingerprint density at radius 3 is 2.33 bits per heavy atom. The van der Waals surface area contributed by atoms with Gasteiger partial charge in [-0.05, 0) is 35.4 Å². The molecule has 4 N–H and O–H groups in total. The Balaban J connectivity index is 2.56. The molecule has 2 aromatic carbocycles. The summed E-state index contributed by atoms with van der Waals surface area (Å²) in [5, 5.41) is 8.74. The SMILES string of the molecule is N#Cc1ccc(-c2ccc(N)cc2C(N)=O)cc1. The summed E-state index contributed by atoms with van der Waals surface area (Å²) in [6.07, 6.45) is 0. The molecule has 0 aliphatic heterocycles. The van der Waals surface area contributed by atoms with Gasteiger partial charge in [-0.15, -0.1) is 0 Å². The average Bonchev–Trinajstić information content (AvgIpc) is 2.39. The van der Waals surface area contributed by atoms with Crippen LogP contribution in [0.2, 0.25) is 0 Å². The zero-order chi connectivity index (χ0) is 13.1. The lowest BCUT2D eigenvalue weighted by Gasteiger charge is -2.08. The number of nitrogens with zero attached hydrogens (tertiary/aromatic N) is 1. The van der Waals surface area contributed by atoms with E-state index in [2.05, 4.69) is 0 Å². The van der Waals surface area contributed by atoms with E-state index in [9.17, 15) is 4.79 Å². The lowest BCUT2D eigenvalue weighted by Crippen LogP contribution is -2.12. The number of anilines is 1. The fraction of sp³-hybridized carbons (Fsp3) is 0. The van der Waals surface area contributed by atoms with Crippen LogP contribution in [-0.2, 0) is 0 Å². The normalized spacial score (nSPS) is 9.72. The van der Waals surface area contributed by atoms with Crippen molar-refractivity contribution in [1.29, 1.82) is 5.26 Å². The number of primary amides is 1. The summed E-state index contributed by atoms with van der Waals surface area (Å²) < 4.78 is 0. The molecule has 2 aromatic rings. The van der Waals surface area contributed by atoms with E-state index in [1.54, 1.807) is 42.5 Å². The maximum atomic E-state index is 11.4. The van der Waals surface area contributed by atoms with Gasteiger partial charge in [-0.3, -0.25) is 4.79 Å². The molecule has 0 fully saturated rings. The monoisotopic (exact) mass is 237 g/mol. The van der Waals surface area contributed by atoms with Gasteiger partial charge in [-0.2, -0.15) is 5.26 Å². The van der Waals surface area contributed by atoms with E-state index in [4.69, 9.17) is 16.7 Å². The van der Waals surface area contributed by atoms with E-state index in [1.165, 1.54) is 0 Å². The smallest absolute Gasteiger partial charge is 0.249 e. The Hall–Kier alpha value is -2.80. The standard InChI is InChI=1S/C14H11N3O/c15-8-9-1-3-10(4-2-9)12-6-5-11(16)7-13(12)14(17)18/h1-7H,16H2,(H2,17,18). The molecule has 0 atom stereocenters. The lowest BCUT2D eigenvalue weighted by molar-refractivity contribution is 0.100. The van der Waals surface area contributed by atoms with Crippen LogP contribution in [0, 0.1) is 11.3 Å². The number of hydrogen-bond acceptors (Lipinski definition) is 3. The van der Waals surface area contributed by atoms with E-state index in [-0.39, 0.29) is 0 Å². The van der Waals surface area contributed by atoms with E-state index in [0.717, 1.165) is 5.56 Å². The van der Waals surface area contributed by atoms with Crippen molar-refractivity contribution in [2.75, 3.05) is 5.73 Å². The van der Waals surface area contributed by atoms with Crippen LogP contribution in [0.1, 0.15) is 15.9 Å². The van der Waals surface area contributed by atoms with Crippen molar-refractivity contribution in [3.8, 4) is 17.2 Å². The maximum Gasteiger partial charge on any atom is 0.249 e. The van der Waals surface area contributed by atoms with Crippen LogP contribution in [0.3, 0.4) is 0 Å². The highest BCUT2D eigenvalue weighted by Gasteiger charge is 2.10. The van der Waals surface area contributed by atoms with Gasteiger partial charge in [0.05, 0.1) is 11.6 Å². The predicted molar refractivity (Wildman–Crippen MR) is 69.5 cm³/mol. The van der Waals surface area contributed by atoms with Gasteiger partial charge in [-0.1, -0.05) is 18.2 Å². The van der Waals surface area contributed by atoms with Gasteiger partial charge in [0.25, 0.3) is 0 Å². The summed E-state index contributed by atoms with van der Waals surface area (Å²) >= 11 is 0. The van der Waals surface area contributed by atoms with Crippen LogP contribution >= 0.6 is 0 Å². The fourth-order valence-electron chi connectivity index (χ4n) is 1.74. The quantitative estimate of drug-likeness (QED) is 0.781. The lowest BCUT2D eigenvalue weighted by atomic mass is 9.98. The Morgan fingerprint density at radius 2 is 1.78 bits per heavy atom. The molecule has 0 bridgehead atoms. The van der Waals surface area contributed by atoms with E-state index >= 15 is 0 Å². The maximum absolute atomic E-state index is 11.4. The van der Waals surface area contributed by atoms with E-state index in [0.29, 0.717) is 22.4 Å². The largest absolute Gasteiger partial charge is 0.399 e. The van der Waals surface area contributed by atoms with Crippen molar-refractivity contribution in [3.63, 3.8) is 0 Å². The number of benzene rings is 2. The molecule has 0 saturated heterocycles. The minimum Gasteiger partial charge on any atom is -0.399 e. The molecule has 4 nitrogen and oxygen atoms in total. The van der Waals surface area contributed by atoms with Crippen LogP contribution in [-0.4, -0.2) is 5.91 Å². The first-order valence-electron chi connectivity index (χ1n) is 5.31. The topological polar surface area (TPSA) is 92.9 Å². The van der Waals surface area contributed by atoms with Crippen molar-refractivity contribution in [3.05, 3.63) is 53.6 Å². The third kappa shape index (κ3) is 2.15. The second-order valence-electron chi connectivity index (χ2n) is 3.86. The van der Waals surface area contributed by atoms with E-state index < -0.39 is 5.91 Å². The van der Waals surface area contributed by atoms with Crippen LogP contribution in [0.4, 0.5) is 5.69 Å². The van der Waals surface area contributed by atoms with Crippen molar-refractivity contribution >= 4 is 11.6 Å². The van der Waals surface area contributed by atoms with Gasteiger partial charge in [-0.25, -0.2) is 0 Å². The molecule has 0 aliphatic carbocycles. The minimum atomic E-state index is -0.526. The summed E-state index contributed by atoms with van der Waals surface area (Å²) in [7, 11) is 0. The zero-order valence-corrected chi connectivity index (χ0v) is 9.55. The van der Waals surface area contributed by atoms with Gasteiger partial charge in [0.15, 0.2) is 0 Å². The van der Waals surface area contributed by atoms with Crippen LogP contribution in [0.15, 0.2) is 42.5 Å². The van der Waals surface area contributed by atoms with Gasteiger partial charge in [0.1, 0.15) is 0 Å². The molecule has 0 aromatic heterocycles. The van der Waals surface area contributed by atoms with Gasteiger partial charge in [0.2, 0.25) is 5.91 Å². The van der Waals surface area contributed by atoms with Gasteiger partial charge < -0.3 is 11.5 Å². The molecule has 88 valence electrons. The van der Waals surface area contributed by atoms with Crippen molar-refractivity contribution in [2.45, 2.75) is 0 Å². The first-order valence-corrected chi connectivity index (χ1v) is 5.31. The molecule has 0 heterocycles. The molecule has 0 saturated carbocycles. The molecule has 2 rings (SSSR count). The molecule has 4 heteroatoms. The van der Waals surface area contributed by atoms with E-state index in [1.807, 2.05) is 6.07 Å². The second kappa shape index (κ2) is 4.60. The third-order valence-corrected chi connectivity index (χ3v) is 2.63. The number of nitrogen functional groups attached to an aromatic ring is 1. The van der Waals surface area contributed by atoms with Crippen LogP contribution in [0.5, 0.6) is 0 Å². The summed E-state index contributed by atoms with van der Waals surface area (Å²) in [5.74, 6) is -0.526. The highest BCUT2D eigenvalue weighted by atomic mass is 16.1. The molecular weight excluding hydrogens is 226 g/mol. The highest BCUT2D eigenvalue weighted by Crippen LogP contribution is 2.25. The molecule has 0 radical (unpaired) electrons. The number of rotatable bonds is 2. The molecule has 18 heavy (non-hydrogen) atoms. The summed E-state index contributed by atoms with van der Waals surface area (Å²) in [6.45, 7) is 0. The number of carbonyl (C=O) groups is 1. The molecule has 0 aliphatic rings. The number of hydrogen-bond donors (Lipinski definition) is 2. The first-order chi connectivity index (χ1) is 8.61. The average molecular weight is 237 g/mol. The van der Waals surface area contributed by atoms with Crippen molar-refractivity contribution in [2.24, 2.45) is 5.73 Å². The summed E-state index contributed by atoms with van der Waals surface area (Å²) in [4.78, 5) is 11.4. The number of nitrogens with two attached hydrogens (primary N) is 2. The summed E-state index contributed by atoms with van der Waals surface area (Å²) in [6, 6.07) is 14.0. The Labute approximate surface area is 104 Å². The Bertz CT molecular complexity index is 639. The molecule has 0 spiro atoms. The Kier molecular flexibility index (Phi) is 2.98. The van der Waals surface area contributed by atoms with Crippen LogP contribution in [0.25, 0.3) is 11.1 Å². The molecular formula is C14H11N3O. The zero-order valence-electron chi connectivity index (χ0n) is 9.55. The number of nitriles is 1.